The summed E-state index contributed by atoms with van der Waals surface area (Å²) in [5, 5.41) is 7.71. The van der Waals surface area contributed by atoms with Crippen molar-refractivity contribution in [3.63, 3.8) is 0 Å². The molecule has 4 nitrogen and oxygen atoms in total. The summed E-state index contributed by atoms with van der Waals surface area (Å²) in [4.78, 5) is 12.6. The predicted octanol–water partition coefficient (Wildman–Crippen LogP) is 3.74. The van der Waals surface area contributed by atoms with Gasteiger partial charge in [0.1, 0.15) is 0 Å². The maximum absolute atomic E-state index is 12.6. The fourth-order valence-electron chi connectivity index (χ4n) is 4.71. The SMILES string of the molecule is Cc1cc(C(=O)N[C@H](C)[C@@H]2C[C@H]3CC[C@H]2C3)nn1-c1ccccc1. The normalized spacial score (nSPS) is 26.5. The number of aryl methyl sites for hydroxylation is 1. The molecule has 2 bridgehead atoms. The van der Waals surface area contributed by atoms with Crippen LogP contribution in [0.5, 0.6) is 0 Å². The molecule has 126 valence electrons. The smallest absolute Gasteiger partial charge is 0.272 e. The molecule has 2 aromatic rings. The van der Waals surface area contributed by atoms with Crippen LogP contribution in [0, 0.1) is 24.7 Å². The van der Waals surface area contributed by atoms with Crippen molar-refractivity contribution < 1.29 is 4.79 Å². The molecule has 2 saturated carbocycles. The third kappa shape index (κ3) is 2.74. The molecule has 0 spiro atoms. The van der Waals surface area contributed by atoms with Gasteiger partial charge < -0.3 is 5.32 Å². The van der Waals surface area contributed by atoms with E-state index in [-0.39, 0.29) is 11.9 Å². The number of nitrogens with one attached hydrogen (secondary N) is 1. The van der Waals surface area contributed by atoms with Crippen LogP contribution >= 0.6 is 0 Å². The van der Waals surface area contributed by atoms with E-state index in [1.807, 2.05) is 48.0 Å². The fraction of sp³-hybridized carbons (Fsp3) is 0.500. The van der Waals surface area contributed by atoms with E-state index in [0.717, 1.165) is 23.2 Å². The molecule has 1 amide bonds. The van der Waals surface area contributed by atoms with Gasteiger partial charge >= 0.3 is 0 Å². The van der Waals surface area contributed by atoms with Gasteiger partial charge in [0, 0.05) is 11.7 Å². The minimum absolute atomic E-state index is 0.0527. The van der Waals surface area contributed by atoms with Crippen molar-refractivity contribution in [2.75, 3.05) is 0 Å². The number of benzene rings is 1. The van der Waals surface area contributed by atoms with Crippen molar-refractivity contribution in [1.29, 1.82) is 0 Å². The Balaban J connectivity index is 1.47. The largest absolute Gasteiger partial charge is 0.348 e. The van der Waals surface area contributed by atoms with Crippen LogP contribution in [0.3, 0.4) is 0 Å². The van der Waals surface area contributed by atoms with E-state index in [2.05, 4.69) is 17.3 Å². The van der Waals surface area contributed by atoms with Crippen molar-refractivity contribution in [2.24, 2.45) is 17.8 Å². The van der Waals surface area contributed by atoms with Gasteiger partial charge in [0.15, 0.2) is 5.69 Å². The van der Waals surface area contributed by atoms with Crippen molar-refractivity contribution in [2.45, 2.75) is 45.6 Å². The zero-order valence-electron chi connectivity index (χ0n) is 14.4. The van der Waals surface area contributed by atoms with Crippen molar-refractivity contribution in [3.8, 4) is 5.69 Å². The Morgan fingerprint density at radius 3 is 2.71 bits per heavy atom. The number of carbonyl (C=O) groups is 1. The third-order valence-corrected chi connectivity index (χ3v) is 5.91. The molecular weight excluding hydrogens is 298 g/mol. The van der Waals surface area contributed by atoms with Gasteiger partial charge in [-0.2, -0.15) is 5.10 Å². The number of hydrogen-bond acceptors (Lipinski definition) is 2. The number of para-hydroxylation sites is 1. The van der Waals surface area contributed by atoms with Gasteiger partial charge in [0.2, 0.25) is 0 Å². The lowest BCUT2D eigenvalue weighted by atomic mass is 9.84. The monoisotopic (exact) mass is 323 g/mol. The van der Waals surface area contributed by atoms with Crippen LogP contribution in [0.15, 0.2) is 36.4 Å². The highest BCUT2D eigenvalue weighted by molar-refractivity contribution is 5.92. The molecule has 1 aromatic heterocycles. The van der Waals surface area contributed by atoms with Gasteiger partial charge in [0.05, 0.1) is 5.69 Å². The topological polar surface area (TPSA) is 46.9 Å². The van der Waals surface area contributed by atoms with E-state index in [9.17, 15) is 4.79 Å². The maximum atomic E-state index is 12.6. The number of amides is 1. The van der Waals surface area contributed by atoms with Gasteiger partial charge in [0.25, 0.3) is 5.91 Å². The quantitative estimate of drug-likeness (QED) is 0.932. The average Bonchev–Trinajstić information content (AvgIpc) is 3.30. The molecule has 0 radical (unpaired) electrons. The van der Waals surface area contributed by atoms with Crippen LogP contribution in [-0.2, 0) is 0 Å². The summed E-state index contributed by atoms with van der Waals surface area (Å²) in [6.45, 7) is 4.14. The van der Waals surface area contributed by atoms with Crippen LogP contribution in [-0.4, -0.2) is 21.7 Å². The van der Waals surface area contributed by atoms with Crippen molar-refractivity contribution in [1.82, 2.24) is 15.1 Å². The first-order valence-electron chi connectivity index (χ1n) is 9.05. The molecule has 24 heavy (non-hydrogen) atoms. The molecule has 4 heteroatoms. The molecule has 1 N–H and O–H groups in total. The maximum Gasteiger partial charge on any atom is 0.272 e. The zero-order valence-corrected chi connectivity index (χ0v) is 14.4. The third-order valence-electron chi connectivity index (χ3n) is 5.91. The van der Waals surface area contributed by atoms with Crippen LogP contribution in [0.4, 0.5) is 0 Å². The highest BCUT2D eigenvalue weighted by Gasteiger charge is 2.42. The molecular formula is C20H25N3O. The predicted molar refractivity (Wildman–Crippen MR) is 94.2 cm³/mol. The molecule has 2 aliphatic rings. The molecule has 4 atom stereocenters. The number of hydrogen-bond donors (Lipinski definition) is 1. The first kappa shape index (κ1) is 15.4. The van der Waals surface area contributed by atoms with Crippen LogP contribution in [0.2, 0.25) is 0 Å². The second kappa shape index (κ2) is 6.08. The Kier molecular flexibility index (Phi) is 3.91. The van der Waals surface area contributed by atoms with E-state index < -0.39 is 0 Å². The average molecular weight is 323 g/mol. The summed E-state index contributed by atoms with van der Waals surface area (Å²) >= 11 is 0. The second-order valence-electron chi connectivity index (χ2n) is 7.52. The summed E-state index contributed by atoms with van der Waals surface area (Å²) < 4.78 is 1.83. The Labute approximate surface area is 143 Å². The van der Waals surface area contributed by atoms with Crippen molar-refractivity contribution >= 4 is 5.91 Å². The lowest BCUT2D eigenvalue weighted by molar-refractivity contribution is 0.0910. The van der Waals surface area contributed by atoms with Crippen molar-refractivity contribution in [3.05, 3.63) is 47.8 Å². The minimum Gasteiger partial charge on any atom is -0.348 e. The second-order valence-corrected chi connectivity index (χ2v) is 7.52. The number of carbonyl (C=O) groups excluding carboxylic acids is 1. The highest BCUT2D eigenvalue weighted by atomic mass is 16.2. The molecule has 0 saturated heterocycles. The van der Waals surface area contributed by atoms with Gasteiger partial charge in [-0.15, -0.1) is 0 Å². The highest BCUT2D eigenvalue weighted by Crippen LogP contribution is 2.49. The summed E-state index contributed by atoms with van der Waals surface area (Å²) in [5.41, 5.74) is 2.46. The molecule has 2 aliphatic carbocycles. The van der Waals surface area contributed by atoms with Gasteiger partial charge in [-0.1, -0.05) is 24.6 Å². The first-order valence-corrected chi connectivity index (χ1v) is 9.05. The molecule has 4 rings (SSSR count). The van der Waals surface area contributed by atoms with Crippen LogP contribution in [0.1, 0.15) is 48.8 Å². The first-order chi connectivity index (χ1) is 11.6. The standard InChI is InChI=1S/C20H25N3O/c1-13-10-19(22-23(13)17-6-4-3-5-7-17)20(24)21-14(2)18-12-15-8-9-16(18)11-15/h3-7,10,14-16,18H,8-9,11-12H2,1-2H3,(H,21,24)/t14-,15+,16+,18+/m1/s1. The number of nitrogens with zero attached hydrogens (tertiary/aromatic N) is 2. The molecule has 2 fully saturated rings. The van der Waals surface area contributed by atoms with Gasteiger partial charge in [-0.25, -0.2) is 4.68 Å². The summed E-state index contributed by atoms with van der Waals surface area (Å²) in [5.74, 6) is 2.31. The zero-order chi connectivity index (χ0) is 16.7. The van der Waals surface area contributed by atoms with Gasteiger partial charge in [-0.3, -0.25) is 4.79 Å². The Hall–Kier alpha value is -2.10. The Morgan fingerprint density at radius 1 is 1.25 bits per heavy atom. The van der Waals surface area contributed by atoms with E-state index in [1.54, 1.807) is 0 Å². The summed E-state index contributed by atoms with van der Waals surface area (Å²) in [6.07, 6.45) is 5.38. The summed E-state index contributed by atoms with van der Waals surface area (Å²) in [7, 11) is 0. The molecule has 0 aliphatic heterocycles. The van der Waals surface area contributed by atoms with E-state index in [1.165, 1.54) is 25.7 Å². The lowest BCUT2D eigenvalue weighted by Gasteiger charge is -2.28. The number of rotatable bonds is 4. The van der Waals surface area contributed by atoms with E-state index >= 15 is 0 Å². The Bertz CT molecular complexity index is 737. The van der Waals surface area contributed by atoms with Gasteiger partial charge in [-0.05, 0) is 69.1 Å². The number of aromatic nitrogens is 2. The van der Waals surface area contributed by atoms with E-state index in [0.29, 0.717) is 11.6 Å². The fourth-order valence-corrected chi connectivity index (χ4v) is 4.71. The lowest BCUT2D eigenvalue weighted by Crippen LogP contribution is -2.40. The Morgan fingerprint density at radius 2 is 2.04 bits per heavy atom. The minimum atomic E-state index is -0.0527. The van der Waals surface area contributed by atoms with E-state index in [4.69, 9.17) is 0 Å². The van der Waals surface area contributed by atoms with Crippen LogP contribution < -0.4 is 5.32 Å². The van der Waals surface area contributed by atoms with Crippen LogP contribution in [0.25, 0.3) is 5.69 Å². The summed E-state index contributed by atoms with van der Waals surface area (Å²) in [6, 6.07) is 12.0. The molecule has 1 heterocycles. The molecule has 0 unspecified atom stereocenters. The number of fused-ring (bicyclic) bond motifs is 2. The molecule has 1 aromatic carbocycles.